The number of benzene rings is 1. The fourth-order valence-corrected chi connectivity index (χ4v) is 3.73. The lowest BCUT2D eigenvalue weighted by atomic mass is 10.1. The van der Waals surface area contributed by atoms with E-state index in [2.05, 4.69) is 41.2 Å². The van der Waals surface area contributed by atoms with E-state index in [4.69, 9.17) is 4.42 Å². The van der Waals surface area contributed by atoms with Crippen LogP contribution in [-0.4, -0.2) is 29.9 Å². The molecule has 0 N–H and O–H groups in total. The average molecular weight is 403 g/mol. The number of hydrogen-bond acceptors (Lipinski definition) is 7. The van der Waals surface area contributed by atoms with Crippen molar-refractivity contribution in [1.82, 2.24) is 29.9 Å². The normalized spacial score (nSPS) is 11.3. The number of fused-ring (bicyclic) bond motifs is 1. The molecule has 0 saturated carbocycles. The number of rotatable bonds is 3. The van der Waals surface area contributed by atoms with Crippen molar-refractivity contribution in [3.8, 4) is 11.5 Å². The first-order valence-electron chi connectivity index (χ1n) is 7.03. The Kier molecular flexibility index (Phi) is 3.81. The number of halogens is 1. The summed E-state index contributed by atoms with van der Waals surface area (Å²) in [6.07, 6.45) is 1.50. The van der Waals surface area contributed by atoms with Gasteiger partial charge in [0.25, 0.3) is 5.22 Å². The van der Waals surface area contributed by atoms with Gasteiger partial charge in [0.05, 0.1) is 5.39 Å². The lowest BCUT2D eigenvalue weighted by molar-refractivity contribution is 0.465. The fraction of sp³-hybridized carbons (Fsp3) is 0.133. The van der Waals surface area contributed by atoms with E-state index in [0.29, 0.717) is 20.7 Å². The molecule has 0 atom stereocenters. The maximum atomic E-state index is 5.75. The van der Waals surface area contributed by atoms with E-state index in [0.717, 1.165) is 16.6 Å². The zero-order valence-electron chi connectivity index (χ0n) is 12.8. The van der Waals surface area contributed by atoms with Gasteiger partial charge in [-0.25, -0.2) is 14.6 Å². The number of nitrogens with zero attached hydrogens (tertiary/aromatic N) is 6. The molecule has 4 aromatic rings. The monoisotopic (exact) mass is 402 g/mol. The van der Waals surface area contributed by atoms with Crippen LogP contribution in [0.25, 0.3) is 22.5 Å². The maximum absolute atomic E-state index is 5.75. The zero-order valence-corrected chi connectivity index (χ0v) is 15.2. The topological polar surface area (TPSA) is 82.5 Å². The van der Waals surface area contributed by atoms with E-state index in [1.807, 2.05) is 38.2 Å². The molecule has 0 saturated heterocycles. The Bertz CT molecular complexity index is 1030. The van der Waals surface area contributed by atoms with Crippen LogP contribution < -0.4 is 0 Å². The Hall–Kier alpha value is -2.26. The van der Waals surface area contributed by atoms with Crippen LogP contribution in [0, 0.1) is 6.92 Å². The molecule has 0 radical (unpaired) electrons. The Balaban J connectivity index is 1.68. The van der Waals surface area contributed by atoms with Crippen molar-refractivity contribution >= 4 is 38.7 Å². The summed E-state index contributed by atoms with van der Waals surface area (Å²) < 4.78 is 8.12. The molecule has 0 aliphatic carbocycles. The highest BCUT2D eigenvalue weighted by Crippen LogP contribution is 2.34. The van der Waals surface area contributed by atoms with Gasteiger partial charge < -0.3 is 4.42 Å². The van der Waals surface area contributed by atoms with Gasteiger partial charge in [-0.05, 0) is 46.7 Å². The first-order valence-corrected chi connectivity index (χ1v) is 8.64. The third kappa shape index (κ3) is 2.69. The maximum Gasteiger partial charge on any atom is 0.283 e. The zero-order chi connectivity index (χ0) is 16.7. The Morgan fingerprint density at radius 3 is 2.71 bits per heavy atom. The molecule has 24 heavy (non-hydrogen) atoms. The molecule has 0 unspecified atom stereocenters. The van der Waals surface area contributed by atoms with Gasteiger partial charge in [0.2, 0.25) is 5.89 Å². The van der Waals surface area contributed by atoms with Crippen LogP contribution >= 0.6 is 27.7 Å². The van der Waals surface area contributed by atoms with Crippen LogP contribution in [0.4, 0.5) is 0 Å². The quantitative estimate of drug-likeness (QED) is 0.483. The Morgan fingerprint density at radius 1 is 1.12 bits per heavy atom. The van der Waals surface area contributed by atoms with Gasteiger partial charge in [-0.15, -0.1) is 10.2 Å². The van der Waals surface area contributed by atoms with Crippen LogP contribution in [0.1, 0.15) is 5.56 Å². The van der Waals surface area contributed by atoms with E-state index < -0.39 is 0 Å². The second kappa shape index (κ2) is 5.99. The molecule has 0 fully saturated rings. The first kappa shape index (κ1) is 15.3. The second-order valence-electron chi connectivity index (χ2n) is 5.13. The molecular weight excluding hydrogens is 392 g/mol. The molecule has 3 heterocycles. The van der Waals surface area contributed by atoms with E-state index in [-0.39, 0.29) is 0 Å². The summed E-state index contributed by atoms with van der Waals surface area (Å²) in [5.41, 5.74) is 2.80. The highest BCUT2D eigenvalue weighted by molar-refractivity contribution is 9.10. The lowest BCUT2D eigenvalue weighted by Gasteiger charge is -1.98. The summed E-state index contributed by atoms with van der Waals surface area (Å²) >= 11 is 4.73. The van der Waals surface area contributed by atoms with Crippen LogP contribution in [-0.2, 0) is 7.05 Å². The summed E-state index contributed by atoms with van der Waals surface area (Å²) in [5.74, 6) is 0.480. The minimum atomic E-state index is 0.418. The third-order valence-corrected chi connectivity index (χ3v) is 4.83. The van der Waals surface area contributed by atoms with Crippen molar-refractivity contribution in [2.45, 2.75) is 17.2 Å². The minimum absolute atomic E-state index is 0.418. The summed E-state index contributed by atoms with van der Waals surface area (Å²) in [6.45, 7) is 2.03. The van der Waals surface area contributed by atoms with Gasteiger partial charge in [-0.2, -0.15) is 5.10 Å². The molecule has 0 aliphatic heterocycles. The van der Waals surface area contributed by atoms with Gasteiger partial charge in [0, 0.05) is 12.6 Å². The summed E-state index contributed by atoms with van der Waals surface area (Å²) in [5, 5.41) is 14.5. The van der Waals surface area contributed by atoms with Gasteiger partial charge in [-0.3, -0.25) is 0 Å². The molecule has 4 rings (SSSR count). The second-order valence-corrected chi connectivity index (χ2v) is 6.82. The summed E-state index contributed by atoms with van der Waals surface area (Å²) in [4.78, 5) is 8.55. The standard InChI is InChI=1S/C15H11BrN6OS/c1-8-3-5-9(6-4-8)13-19-20-15(23-13)24-14-10-11(16)21-22(2)12(10)17-7-18-14/h3-7H,1-2H3. The van der Waals surface area contributed by atoms with Gasteiger partial charge in [0.15, 0.2) is 5.65 Å². The molecular formula is C15H11BrN6OS. The molecule has 1 aromatic carbocycles. The summed E-state index contributed by atoms with van der Waals surface area (Å²) in [7, 11) is 1.83. The SMILES string of the molecule is Cc1ccc(-c2nnc(Sc3ncnc4c3c(Br)nn4C)o2)cc1. The van der Waals surface area contributed by atoms with Crippen molar-refractivity contribution in [2.75, 3.05) is 0 Å². The number of hydrogen-bond donors (Lipinski definition) is 0. The third-order valence-electron chi connectivity index (χ3n) is 3.43. The Labute approximate surface area is 149 Å². The van der Waals surface area contributed by atoms with Crippen molar-refractivity contribution in [3.05, 3.63) is 40.8 Å². The van der Waals surface area contributed by atoms with Gasteiger partial charge in [0.1, 0.15) is 16.0 Å². The van der Waals surface area contributed by atoms with Crippen molar-refractivity contribution in [3.63, 3.8) is 0 Å². The van der Waals surface area contributed by atoms with E-state index in [1.165, 1.54) is 23.7 Å². The molecule has 7 nitrogen and oxygen atoms in total. The van der Waals surface area contributed by atoms with Crippen LogP contribution in [0.5, 0.6) is 0 Å². The van der Waals surface area contributed by atoms with Crippen LogP contribution in [0.15, 0.2) is 49.9 Å². The lowest BCUT2D eigenvalue weighted by Crippen LogP contribution is -1.92. The molecule has 3 aromatic heterocycles. The molecule has 120 valence electrons. The Morgan fingerprint density at radius 2 is 1.92 bits per heavy atom. The average Bonchev–Trinajstić information content (AvgIpc) is 3.14. The summed E-state index contributed by atoms with van der Waals surface area (Å²) in [6, 6.07) is 7.93. The van der Waals surface area contributed by atoms with Crippen molar-refractivity contribution in [2.24, 2.45) is 7.05 Å². The predicted molar refractivity (Wildman–Crippen MR) is 92.6 cm³/mol. The smallest absolute Gasteiger partial charge is 0.283 e. The number of aryl methyl sites for hydroxylation is 2. The van der Waals surface area contributed by atoms with E-state index in [9.17, 15) is 0 Å². The number of aromatic nitrogens is 6. The largest absolute Gasteiger partial charge is 0.411 e. The van der Waals surface area contributed by atoms with E-state index >= 15 is 0 Å². The molecule has 0 aliphatic rings. The van der Waals surface area contributed by atoms with Gasteiger partial charge in [-0.1, -0.05) is 17.7 Å². The highest BCUT2D eigenvalue weighted by Gasteiger charge is 2.17. The minimum Gasteiger partial charge on any atom is -0.411 e. The first-order chi connectivity index (χ1) is 11.6. The predicted octanol–water partition coefficient (Wildman–Crippen LogP) is 3.64. The molecule has 0 bridgehead atoms. The van der Waals surface area contributed by atoms with E-state index in [1.54, 1.807) is 4.68 Å². The molecule has 0 amide bonds. The molecule has 9 heteroatoms. The van der Waals surface area contributed by atoms with Crippen molar-refractivity contribution < 1.29 is 4.42 Å². The van der Waals surface area contributed by atoms with Crippen LogP contribution in [0.2, 0.25) is 0 Å². The fourth-order valence-electron chi connectivity index (χ4n) is 2.24. The molecule has 0 spiro atoms. The van der Waals surface area contributed by atoms with Crippen LogP contribution in [0.3, 0.4) is 0 Å². The highest BCUT2D eigenvalue weighted by atomic mass is 79.9. The van der Waals surface area contributed by atoms with Crippen molar-refractivity contribution in [1.29, 1.82) is 0 Å². The van der Waals surface area contributed by atoms with Gasteiger partial charge >= 0.3 is 0 Å².